The molecular weight excluding hydrogens is 204 g/mol. The number of fused-ring (bicyclic) bond motifs is 2. The first-order valence-electron chi connectivity index (χ1n) is 6.32. The number of hydrogen-bond donors (Lipinski definition) is 1. The van der Waals surface area contributed by atoms with E-state index in [0.717, 1.165) is 32.6 Å². The van der Waals surface area contributed by atoms with Crippen LogP contribution in [0.1, 0.15) is 12.8 Å². The summed E-state index contributed by atoms with van der Waals surface area (Å²) in [6.07, 6.45) is 2.69. The van der Waals surface area contributed by atoms with Crippen molar-refractivity contribution in [1.29, 1.82) is 0 Å². The average Bonchev–Trinajstić information content (AvgIpc) is 2.82. The summed E-state index contributed by atoms with van der Waals surface area (Å²) in [7, 11) is 1.79. The molecule has 0 aromatic rings. The molecule has 0 unspecified atom stereocenters. The van der Waals surface area contributed by atoms with Crippen molar-refractivity contribution in [2.75, 3.05) is 33.3 Å². The van der Waals surface area contributed by atoms with Gasteiger partial charge in [-0.25, -0.2) is 0 Å². The fourth-order valence-electron chi connectivity index (χ4n) is 3.53. The van der Waals surface area contributed by atoms with Crippen LogP contribution in [0.4, 0.5) is 0 Å². The fourth-order valence-corrected chi connectivity index (χ4v) is 3.53. The maximum atomic E-state index is 12.2. The molecule has 16 heavy (non-hydrogen) atoms. The Bertz CT molecular complexity index is 277. The van der Waals surface area contributed by atoms with Gasteiger partial charge >= 0.3 is 0 Å². The second kappa shape index (κ2) is 4.00. The zero-order valence-corrected chi connectivity index (χ0v) is 9.82. The molecule has 2 bridgehead atoms. The van der Waals surface area contributed by atoms with Gasteiger partial charge in [-0.3, -0.25) is 4.79 Å². The summed E-state index contributed by atoms with van der Waals surface area (Å²) < 4.78 is 5.46. The third-order valence-electron chi connectivity index (χ3n) is 4.44. The first kappa shape index (κ1) is 10.5. The smallest absolute Gasteiger partial charge is 0.227 e. The number of nitrogens with one attached hydrogen (secondary N) is 1. The standard InChI is InChI=1S/C12H20N2O2/c1-16-11-9-4-10(11)7-14(6-9)12(15)8-2-3-13-5-8/h8-11,13H,2-7H2,1H3/t8-,9-,10-/m0/s1. The van der Waals surface area contributed by atoms with E-state index in [-0.39, 0.29) is 5.92 Å². The highest BCUT2D eigenvalue weighted by atomic mass is 16.5. The van der Waals surface area contributed by atoms with E-state index in [1.54, 1.807) is 7.11 Å². The van der Waals surface area contributed by atoms with Gasteiger partial charge in [-0.1, -0.05) is 0 Å². The minimum Gasteiger partial charge on any atom is -0.381 e. The summed E-state index contributed by atoms with van der Waals surface area (Å²) in [4.78, 5) is 14.3. The van der Waals surface area contributed by atoms with Crippen LogP contribution < -0.4 is 5.32 Å². The minimum atomic E-state index is 0.235. The number of carbonyl (C=O) groups excluding carboxylic acids is 1. The SMILES string of the molecule is COC1[C@H]2C[C@H]1CN(C(=O)[C@H]1CCNC1)C2. The number of piperidine rings is 2. The number of methoxy groups -OCH3 is 1. The summed E-state index contributed by atoms with van der Waals surface area (Å²) in [6.45, 7) is 3.71. The largest absolute Gasteiger partial charge is 0.381 e. The predicted molar refractivity (Wildman–Crippen MR) is 60.0 cm³/mol. The first-order chi connectivity index (χ1) is 7.79. The van der Waals surface area contributed by atoms with Crippen molar-refractivity contribution < 1.29 is 9.53 Å². The highest BCUT2D eigenvalue weighted by Crippen LogP contribution is 2.42. The van der Waals surface area contributed by atoms with Gasteiger partial charge in [0.15, 0.2) is 0 Å². The van der Waals surface area contributed by atoms with E-state index in [1.807, 2.05) is 0 Å². The molecule has 1 aliphatic carbocycles. The van der Waals surface area contributed by atoms with Crippen LogP contribution in [0, 0.1) is 17.8 Å². The number of ether oxygens (including phenoxy) is 1. The molecule has 3 saturated heterocycles. The average molecular weight is 224 g/mol. The summed E-state index contributed by atoms with van der Waals surface area (Å²) in [5, 5.41) is 3.26. The van der Waals surface area contributed by atoms with Gasteiger partial charge in [0.1, 0.15) is 0 Å². The number of hydrogen-bond acceptors (Lipinski definition) is 3. The van der Waals surface area contributed by atoms with E-state index >= 15 is 0 Å². The van der Waals surface area contributed by atoms with Crippen molar-refractivity contribution in [3.8, 4) is 0 Å². The summed E-state index contributed by atoms with van der Waals surface area (Å²) in [6, 6.07) is 0. The normalized spacial score (nSPS) is 41.9. The Morgan fingerprint density at radius 3 is 2.69 bits per heavy atom. The molecule has 0 aromatic carbocycles. The van der Waals surface area contributed by atoms with Crippen molar-refractivity contribution in [2.45, 2.75) is 18.9 Å². The Kier molecular flexibility index (Phi) is 2.64. The second-order valence-electron chi connectivity index (χ2n) is 5.39. The van der Waals surface area contributed by atoms with Crippen LogP contribution >= 0.6 is 0 Å². The molecule has 1 saturated carbocycles. The van der Waals surface area contributed by atoms with Gasteiger partial charge < -0.3 is 15.0 Å². The molecule has 1 N–H and O–H groups in total. The van der Waals surface area contributed by atoms with Crippen LogP contribution in [-0.2, 0) is 9.53 Å². The van der Waals surface area contributed by atoms with Crippen molar-refractivity contribution in [3.05, 3.63) is 0 Å². The number of rotatable bonds is 2. The van der Waals surface area contributed by atoms with E-state index in [4.69, 9.17) is 4.74 Å². The number of amides is 1. The Labute approximate surface area is 96.3 Å². The lowest BCUT2D eigenvalue weighted by atomic mass is 9.68. The lowest BCUT2D eigenvalue weighted by Gasteiger charge is -2.53. The number of nitrogens with zero attached hydrogens (tertiary/aromatic N) is 1. The first-order valence-corrected chi connectivity index (χ1v) is 6.32. The van der Waals surface area contributed by atoms with Gasteiger partial charge in [-0.15, -0.1) is 0 Å². The Hall–Kier alpha value is -0.610. The molecule has 4 nitrogen and oxygen atoms in total. The molecule has 90 valence electrons. The van der Waals surface area contributed by atoms with Crippen molar-refractivity contribution in [1.82, 2.24) is 10.2 Å². The molecule has 3 heterocycles. The molecule has 1 amide bonds. The van der Waals surface area contributed by atoms with E-state index in [0.29, 0.717) is 23.8 Å². The maximum absolute atomic E-state index is 12.2. The molecule has 4 heteroatoms. The molecule has 4 aliphatic rings. The predicted octanol–water partition coefficient (Wildman–Crippen LogP) is 0.0892. The zero-order chi connectivity index (χ0) is 11.1. The minimum absolute atomic E-state index is 0.235. The second-order valence-corrected chi connectivity index (χ2v) is 5.39. The molecule has 3 aliphatic heterocycles. The topological polar surface area (TPSA) is 41.6 Å². The quantitative estimate of drug-likeness (QED) is 0.723. The fraction of sp³-hybridized carbons (Fsp3) is 0.917. The van der Waals surface area contributed by atoms with Gasteiger partial charge in [0.2, 0.25) is 5.91 Å². The van der Waals surface area contributed by atoms with Gasteiger partial charge in [-0.2, -0.15) is 0 Å². The lowest BCUT2D eigenvalue weighted by Crippen LogP contribution is -2.61. The van der Waals surface area contributed by atoms with E-state index < -0.39 is 0 Å². The molecule has 4 rings (SSSR count). The maximum Gasteiger partial charge on any atom is 0.227 e. The molecule has 0 aromatic heterocycles. The number of carbonyl (C=O) groups is 1. The molecule has 4 fully saturated rings. The zero-order valence-electron chi connectivity index (χ0n) is 9.82. The Balaban J connectivity index is 1.59. The van der Waals surface area contributed by atoms with Gasteiger partial charge in [0.25, 0.3) is 0 Å². The molecule has 3 atom stereocenters. The third kappa shape index (κ3) is 1.55. The molecular formula is C12H20N2O2. The van der Waals surface area contributed by atoms with Crippen LogP contribution in [0.5, 0.6) is 0 Å². The third-order valence-corrected chi connectivity index (χ3v) is 4.44. The van der Waals surface area contributed by atoms with Crippen LogP contribution in [0.25, 0.3) is 0 Å². The van der Waals surface area contributed by atoms with Crippen molar-refractivity contribution >= 4 is 5.91 Å². The molecule has 0 radical (unpaired) electrons. The summed E-state index contributed by atoms with van der Waals surface area (Å²) in [5.74, 6) is 1.80. The highest BCUT2D eigenvalue weighted by Gasteiger charge is 2.48. The Morgan fingerprint density at radius 1 is 1.38 bits per heavy atom. The lowest BCUT2D eigenvalue weighted by molar-refractivity contribution is -0.158. The van der Waals surface area contributed by atoms with E-state index in [1.165, 1.54) is 6.42 Å². The monoisotopic (exact) mass is 224 g/mol. The Morgan fingerprint density at radius 2 is 2.12 bits per heavy atom. The van der Waals surface area contributed by atoms with Crippen LogP contribution in [0.15, 0.2) is 0 Å². The van der Waals surface area contributed by atoms with Gasteiger partial charge in [0, 0.05) is 38.6 Å². The molecule has 0 spiro atoms. The van der Waals surface area contributed by atoms with Gasteiger partial charge in [-0.05, 0) is 19.4 Å². The van der Waals surface area contributed by atoms with Crippen molar-refractivity contribution in [2.24, 2.45) is 17.8 Å². The van der Waals surface area contributed by atoms with E-state index in [9.17, 15) is 4.79 Å². The van der Waals surface area contributed by atoms with E-state index in [2.05, 4.69) is 10.2 Å². The van der Waals surface area contributed by atoms with Crippen LogP contribution in [0.3, 0.4) is 0 Å². The summed E-state index contributed by atoms with van der Waals surface area (Å²) in [5.41, 5.74) is 0. The highest BCUT2D eigenvalue weighted by molar-refractivity contribution is 5.79. The van der Waals surface area contributed by atoms with Gasteiger partial charge in [0.05, 0.1) is 12.0 Å². The summed E-state index contributed by atoms with van der Waals surface area (Å²) >= 11 is 0. The van der Waals surface area contributed by atoms with Crippen molar-refractivity contribution in [3.63, 3.8) is 0 Å². The van der Waals surface area contributed by atoms with Crippen LogP contribution in [-0.4, -0.2) is 50.2 Å². The van der Waals surface area contributed by atoms with Crippen LogP contribution in [0.2, 0.25) is 0 Å².